The molecule has 6 nitrogen and oxygen atoms in total. The van der Waals surface area contributed by atoms with E-state index in [1.54, 1.807) is 11.8 Å². The average Bonchev–Trinajstić information content (AvgIpc) is 3.27. The molecular formula is C27H36N2O4. The minimum absolute atomic E-state index is 0.0697. The van der Waals surface area contributed by atoms with Gasteiger partial charge < -0.3 is 15.0 Å². The molecule has 2 amide bonds. The third-order valence-electron chi connectivity index (χ3n) is 7.49. The third kappa shape index (κ3) is 5.15. The van der Waals surface area contributed by atoms with Gasteiger partial charge in [-0.15, -0.1) is 0 Å². The zero-order chi connectivity index (χ0) is 23.3. The summed E-state index contributed by atoms with van der Waals surface area (Å²) in [5, 5.41) is 3.07. The highest BCUT2D eigenvalue weighted by Gasteiger charge is 2.55. The minimum Gasteiger partial charge on any atom is -0.465 e. The van der Waals surface area contributed by atoms with Crippen molar-refractivity contribution in [1.82, 2.24) is 10.2 Å². The molecule has 1 heterocycles. The van der Waals surface area contributed by atoms with Gasteiger partial charge in [0, 0.05) is 24.6 Å². The van der Waals surface area contributed by atoms with E-state index in [9.17, 15) is 14.4 Å². The van der Waals surface area contributed by atoms with Crippen molar-refractivity contribution in [3.63, 3.8) is 0 Å². The number of benzene rings is 1. The Balaban J connectivity index is 1.52. The first kappa shape index (κ1) is 23.5. The van der Waals surface area contributed by atoms with Crippen LogP contribution >= 0.6 is 0 Å². The molecule has 0 aromatic heterocycles. The molecule has 1 aliphatic heterocycles. The molecule has 1 N–H and O–H groups in total. The summed E-state index contributed by atoms with van der Waals surface area (Å²) in [6.45, 7) is 3.18. The number of fused-ring (bicyclic) bond motifs is 1. The largest absolute Gasteiger partial charge is 0.465 e. The lowest BCUT2D eigenvalue weighted by atomic mass is 9.71. The van der Waals surface area contributed by atoms with Gasteiger partial charge in [-0.05, 0) is 50.5 Å². The molecule has 0 radical (unpaired) electrons. The second-order valence-electron chi connectivity index (χ2n) is 9.75. The number of nitrogens with one attached hydrogen (secondary N) is 1. The molecule has 1 aromatic carbocycles. The Morgan fingerprint density at radius 3 is 2.64 bits per heavy atom. The van der Waals surface area contributed by atoms with Crippen LogP contribution in [0, 0.1) is 17.3 Å². The summed E-state index contributed by atoms with van der Waals surface area (Å²) in [5.41, 5.74) is 0.917. The number of carbonyl (C=O) groups is 3. The number of amides is 2. The van der Waals surface area contributed by atoms with E-state index in [4.69, 9.17) is 4.74 Å². The van der Waals surface area contributed by atoms with Crippen molar-refractivity contribution in [3.05, 3.63) is 47.7 Å². The number of hydrogen-bond acceptors (Lipinski definition) is 4. The van der Waals surface area contributed by atoms with Crippen LogP contribution in [0.2, 0.25) is 0 Å². The van der Waals surface area contributed by atoms with Crippen LogP contribution in [-0.2, 0) is 25.7 Å². The molecule has 4 rings (SSSR count). The maximum Gasteiger partial charge on any atom is 0.318 e. The fraction of sp³-hybridized carbons (Fsp3) is 0.593. The molecule has 0 bridgehead atoms. The van der Waals surface area contributed by atoms with Crippen LogP contribution in [0.3, 0.4) is 0 Å². The lowest BCUT2D eigenvalue weighted by Crippen LogP contribution is -2.52. The molecule has 0 spiro atoms. The lowest BCUT2D eigenvalue weighted by molar-refractivity contribution is -0.161. The highest BCUT2D eigenvalue weighted by molar-refractivity contribution is 5.92. The first-order valence-electron chi connectivity index (χ1n) is 12.5. The van der Waals surface area contributed by atoms with Gasteiger partial charge in [-0.3, -0.25) is 14.4 Å². The number of hydrogen-bond donors (Lipinski definition) is 1. The number of allylic oxidation sites excluding steroid dienone is 1. The molecule has 0 unspecified atom stereocenters. The van der Waals surface area contributed by atoms with Crippen molar-refractivity contribution in [2.75, 3.05) is 13.2 Å². The molecular weight excluding hydrogens is 416 g/mol. The van der Waals surface area contributed by atoms with E-state index in [0.717, 1.165) is 30.5 Å². The number of ether oxygens (including phenoxy) is 1. The summed E-state index contributed by atoms with van der Waals surface area (Å²) in [6, 6.07) is 9.80. The van der Waals surface area contributed by atoms with Gasteiger partial charge in [0.2, 0.25) is 11.8 Å². The molecule has 6 heteroatoms. The summed E-state index contributed by atoms with van der Waals surface area (Å²) in [7, 11) is 0. The average molecular weight is 453 g/mol. The molecule has 2 aliphatic carbocycles. The van der Waals surface area contributed by atoms with E-state index in [-0.39, 0.29) is 24.2 Å². The summed E-state index contributed by atoms with van der Waals surface area (Å²) in [6.07, 6.45) is 9.89. The Morgan fingerprint density at radius 2 is 1.91 bits per heavy atom. The number of nitrogens with zero attached hydrogens (tertiary/aromatic N) is 1. The number of esters is 1. The number of rotatable bonds is 8. The number of piperidine rings is 1. The van der Waals surface area contributed by atoms with Gasteiger partial charge in [0.05, 0.1) is 13.2 Å². The molecule has 1 saturated carbocycles. The standard InChI is InChI=1S/C27H36N2O4/c1-2-33-26(32)27-15-9-14-23(27)29(19-21-12-7-4-8-13-21)25(31)22(17-27)16-24(30)28-18-20-10-5-3-6-11-20/h4,7-8,12-14,20,22H,2-3,5-6,9-11,15-19H2,1H3,(H,28,30)/t22-,27+/m1/s1. The summed E-state index contributed by atoms with van der Waals surface area (Å²) >= 11 is 0. The molecule has 3 aliphatic rings. The van der Waals surface area contributed by atoms with E-state index in [1.807, 2.05) is 36.4 Å². The third-order valence-corrected chi connectivity index (χ3v) is 7.49. The Bertz CT molecular complexity index is 891. The van der Waals surface area contributed by atoms with Gasteiger partial charge in [-0.25, -0.2) is 0 Å². The van der Waals surface area contributed by atoms with Crippen molar-refractivity contribution in [3.8, 4) is 0 Å². The van der Waals surface area contributed by atoms with Crippen LogP contribution in [0.25, 0.3) is 0 Å². The normalized spacial score (nSPS) is 25.4. The first-order chi connectivity index (χ1) is 16.0. The van der Waals surface area contributed by atoms with Crippen LogP contribution in [0.15, 0.2) is 42.1 Å². The molecule has 178 valence electrons. The van der Waals surface area contributed by atoms with Gasteiger partial charge in [-0.2, -0.15) is 0 Å². The van der Waals surface area contributed by atoms with Gasteiger partial charge in [-0.1, -0.05) is 55.7 Å². The minimum atomic E-state index is -0.840. The van der Waals surface area contributed by atoms with Crippen LogP contribution in [0.1, 0.15) is 70.3 Å². The van der Waals surface area contributed by atoms with Crippen molar-refractivity contribution in [2.45, 2.75) is 71.3 Å². The molecule has 33 heavy (non-hydrogen) atoms. The van der Waals surface area contributed by atoms with Crippen LogP contribution in [0.5, 0.6) is 0 Å². The van der Waals surface area contributed by atoms with Crippen molar-refractivity contribution in [1.29, 1.82) is 0 Å². The van der Waals surface area contributed by atoms with E-state index >= 15 is 0 Å². The predicted molar refractivity (Wildman–Crippen MR) is 126 cm³/mol. The zero-order valence-corrected chi connectivity index (χ0v) is 19.7. The second-order valence-corrected chi connectivity index (χ2v) is 9.75. The van der Waals surface area contributed by atoms with Gasteiger partial charge in [0.1, 0.15) is 5.41 Å². The summed E-state index contributed by atoms with van der Waals surface area (Å²) < 4.78 is 5.48. The van der Waals surface area contributed by atoms with E-state index in [0.29, 0.717) is 38.5 Å². The maximum absolute atomic E-state index is 13.6. The van der Waals surface area contributed by atoms with E-state index in [1.165, 1.54) is 19.3 Å². The zero-order valence-electron chi connectivity index (χ0n) is 19.7. The van der Waals surface area contributed by atoms with Crippen molar-refractivity contribution >= 4 is 17.8 Å². The lowest BCUT2D eigenvalue weighted by Gasteiger charge is -2.44. The van der Waals surface area contributed by atoms with E-state index in [2.05, 4.69) is 5.32 Å². The van der Waals surface area contributed by atoms with Crippen LogP contribution in [0.4, 0.5) is 0 Å². The van der Waals surface area contributed by atoms with E-state index < -0.39 is 11.3 Å². The fourth-order valence-corrected chi connectivity index (χ4v) is 5.79. The molecule has 2 fully saturated rings. The van der Waals surface area contributed by atoms with Gasteiger partial charge >= 0.3 is 5.97 Å². The summed E-state index contributed by atoms with van der Waals surface area (Å²) in [5.74, 6) is -0.427. The van der Waals surface area contributed by atoms with Crippen LogP contribution < -0.4 is 5.32 Å². The number of carbonyl (C=O) groups excluding carboxylic acids is 3. The topological polar surface area (TPSA) is 75.7 Å². The molecule has 2 atom stereocenters. The van der Waals surface area contributed by atoms with Crippen LogP contribution in [-0.4, -0.2) is 35.8 Å². The van der Waals surface area contributed by atoms with Gasteiger partial charge in [0.25, 0.3) is 0 Å². The van der Waals surface area contributed by atoms with Gasteiger partial charge in [0.15, 0.2) is 0 Å². The Morgan fingerprint density at radius 1 is 1.15 bits per heavy atom. The first-order valence-corrected chi connectivity index (χ1v) is 12.5. The molecule has 1 saturated heterocycles. The Hall–Kier alpha value is -2.63. The second kappa shape index (κ2) is 10.5. The van der Waals surface area contributed by atoms with Crippen molar-refractivity contribution in [2.24, 2.45) is 17.3 Å². The highest BCUT2D eigenvalue weighted by Crippen LogP contribution is 2.51. The number of likely N-dealkylation sites (tertiary alicyclic amines) is 1. The predicted octanol–water partition coefficient (Wildman–Crippen LogP) is 4.35. The SMILES string of the molecule is CCOC(=O)[C@]12CCC=C1N(Cc1ccccc1)C(=O)[C@H](CC(=O)NCC1CCCCC1)C2. The maximum atomic E-state index is 13.6. The Kier molecular flexibility index (Phi) is 7.51. The van der Waals surface area contributed by atoms with Crippen molar-refractivity contribution < 1.29 is 19.1 Å². The highest BCUT2D eigenvalue weighted by atomic mass is 16.5. The quantitative estimate of drug-likeness (QED) is 0.595. The fourth-order valence-electron chi connectivity index (χ4n) is 5.79. The monoisotopic (exact) mass is 452 g/mol. The summed E-state index contributed by atoms with van der Waals surface area (Å²) in [4.78, 5) is 41.3. The smallest absolute Gasteiger partial charge is 0.318 e. The Labute approximate surface area is 196 Å². The molecule has 1 aromatic rings.